The Hall–Kier alpha value is -0.665. The van der Waals surface area contributed by atoms with E-state index in [1.807, 2.05) is 0 Å². The van der Waals surface area contributed by atoms with E-state index < -0.39 is 0 Å². The van der Waals surface area contributed by atoms with E-state index in [1.165, 1.54) is 0 Å². The molecule has 0 aliphatic heterocycles. The van der Waals surface area contributed by atoms with Crippen molar-refractivity contribution < 1.29 is 5.21 Å². The maximum absolute atomic E-state index is 8.66. The number of nitrogens with two attached hydrogens (primary N) is 1. The average Bonchev–Trinajstić information content (AvgIpc) is 2.26. The van der Waals surface area contributed by atoms with Gasteiger partial charge in [0.1, 0.15) is 5.84 Å². The van der Waals surface area contributed by atoms with E-state index >= 15 is 0 Å². The van der Waals surface area contributed by atoms with Crippen LogP contribution < -0.4 is 5.73 Å². The first-order valence-electron chi connectivity index (χ1n) is 5.97. The van der Waals surface area contributed by atoms with Crippen molar-refractivity contribution in [3.63, 3.8) is 0 Å². The van der Waals surface area contributed by atoms with Crippen LogP contribution in [-0.2, 0) is 0 Å². The predicted octanol–water partition coefficient (Wildman–Crippen LogP) is 2.44. The molecule has 0 saturated heterocycles. The van der Waals surface area contributed by atoms with Crippen molar-refractivity contribution >= 4 is 13.7 Å². The highest BCUT2D eigenvalue weighted by Crippen LogP contribution is 2.25. The van der Waals surface area contributed by atoms with Gasteiger partial charge in [0.25, 0.3) is 0 Å². The first-order chi connectivity index (χ1) is 7.24. The molecule has 1 fully saturated rings. The van der Waals surface area contributed by atoms with Crippen LogP contribution in [0.15, 0.2) is 5.16 Å². The summed E-state index contributed by atoms with van der Waals surface area (Å²) in [6, 6.07) is 0. The Morgan fingerprint density at radius 2 is 1.53 bits per heavy atom. The van der Waals surface area contributed by atoms with Crippen LogP contribution in [0.25, 0.3) is 0 Å². The average molecular weight is 208 g/mol. The van der Waals surface area contributed by atoms with Crippen molar-refractivity contribution in [2.24, 2.45) is 16.8 Å². The molecule has 15 heavy (non-hydrogen) atoms. The standard InChI is InChI=1S/C11H21BN2O/c12-10-7-3-1-5-9(11(13)14-15)6-2-4-8-10/h9-10,15H,1-8H2,(H2,13,14). The summed E-state index contributed by atoms with van der Waals surface area (Å²) in [5.41, 5.74) is 5.66. The number of hydrogen-bond acceptors (Lipinski definition) is 2. The third kappa shape index (κ3) is 4.58. The third-order valence-corrected chi connectivity index (χ3v) is 3.29. The number of oxime groups is 1. The highest BCUT2D eigenvalue weighted by Gasteiger charge is 2.15. The number of rotatable bonds is 1. The van der Waals surface area contributed by atoms with E-state index in [9.17, 15) is 0 Å². The molecule has 1 aliphatic rings. The molecule has 0 heterocycles. The fourth-order valence-electron chi connectivity index (χ4n) is 2.26. The molecule has 0 atom stereocenters. The van der Waals surface area contributed by atoms with Gasteiger partial charge in [-0.15, -0.1) is 0 Å². The number of amidine groups is 1. The lowest BCUT2D eigenvalue weighted by molar-refractivity contribution is 0.311. The normalized spacial score (nSPS) is 31.1. The van der Waals surface area contributed by atoms with Gasteiger partial charge in [-0.05, 0) is 12.8 Å². The van der Waals surface area contributed by atoms with Crippen LogP contribution in [0.4, 0.5) is 0 Å². The summed E-state index contributed by atoms with van der Waals surface area (Å²) in [6.07, 6.45) is 8.88. The molecule has 1 rings (SSSR count). The van der Waals surface area contributed by atoms with E-state index in [0.717, 1.165) is 51.4 Å². The number of nitrogens with zero attached hydrogens (tertiary/aromatic N) is 1. The van der Waals surface area contributed by atoms with Crippen molar-refractivity contribution in [1.29, 1.82) is 0 Å². The molecule has 4 heteroatoms. The van der Waals surface area contributed by atoms with Crippen molar-refractivity contribution in [1.82, 2.24) is 0 Å². The Bertz CT molecular complexity index is 197. The first-order valence-corrected chi connectivity index (χ1v) is 5.97. The van der Waals surface area contributed by atoms with E-state index in [2.05, 4.69) is 5.16 Å². The zero-order chi connectivity index (χ0) is 11.1. The highest BCUT2D eigenvalue weighted by atomic mass is 16.4. The molecule has 0 spiro atoms. The quantitative estimate of drug-likeness (QED) is 0.228. The second-order valence-electron chi connectivity index (χ2n) is 4.55. The first kappa shape index (κ1) is 12.4. The Labute approximate surface area is 93.5 Å². The van der Waals surface area contributed by atoms with Crippen LogP contribution in [-0.4, -0.2) is 18.9 Å². The molecule has 0 bridgehead atoms. The maximum Gasteiger partial charge on any atom is 0.142 e. The van der Waals surface area contributed by atoms with Crippen LogP contribution in [0.2, 0.25) is 5.82 Å². The molecule has 0 aromatic heterocycles. The molecule has 0 aromatic carbocycles. The van der Waals surface area contributed by atoms with E-state index in [-0.39, 0.29) is 5.92 Å². The van der Waals surface area contributed by atoms with Crippen molar-refractivity contribution in [2.45, 2.75) is 57.2 Å². The van der Waals surface area contributed by atoms with Gasteiger partial charge in [-0.2, -0.15) is 0 Å². The largest absolute Gasteiger partial charge is 0.409 e. The molecule has 0 aromatic rings. The van der Waals surface area contributed by atoms with Gasteiger partial charge < -0.3 is 10.9 Å². The summed E-state index contributed by atoms with van der Waals surface area (Å²) in [5, 5.41) is 11.8. The molecule has 3 nitrogen and oxygen atoms in total. The van der Waals surface area contributed by atoms with Crippen LogP contribution in [0.5, 0.6) is 0 Å². The molecule has 1 aliphatic carbocycles. The Morgan fingerprint density at radius 3 is 2.00 bits per heavy atom. The SMILES string of the molecule is [B]C1CCCCC(/C(N)=N/O)CCCC1. The summed E-state index contributed by atoms with van der Waals surface area (Å²) in [7, 11) is 5.96. The molecule has 0 unspecified atom stereocenters. The van der Waals surface area contributed by atoms with Crippen LogP contribution in [0.1, 0.15) is 51.4 Å². The second kappa shape index (κ2) is 6.75. The van der Waals surface area contributed by atoms with Crippen LogP contribution in [0.3, 0.4) is 0 Å². The topological polar surface area (TPSA) is 58.6 Å². The molecule has 2 radical (unpaired) electrons. The lowest BCUT2D eigenvalue weighted by atomic mass is 9.77. The Balaban J connectivity index is 2.41. The summed E-state index contributed by atoms with van der Waals surface area (Å²) in [5.74, 6) is 1.05. The minimum absolute atomic E-state index is 0.268. The molecule has 84 valence electrons. The summed E-state index contributed by atoms with van der Waals surface area (Å²) in [6.45, 7) is 0. The maximum atomic E-state index is 8.66. The van der Waals surface area contributed by atoms with E-state index in [4.69, 9.17) is 18.8 Å². The van der Waals surface area contributed by atoms with Crippen molar-refractivity contribution in [3.05, 3.63) is 0 Å². The van der Waals surface area contributed by atoms with Crippen molar-refractivity contribution in [2.75, 3.05) is 0 Å². The zero-order valence-corrected chi connectivity index (χ0v) is 9.36. The molecule has 0 amide bonds. The fraction of sp³-hybridized carbons (Fsp3) is 0.909. The van der Waals surface area contributed by atoms with Gasteiger partial charge in [-0.1, -0.05) is 49.5 Å². The summed E-state index contributed by atoms with van der Waals surface area (Å²) >= 11 is 0. The highest BCUT2D eigenvalue weighted by molar-refractivity contribution is 6.11. The summed E-state index contributed by atoms with van der Waals surface area (Å²) in [4.78, 5) is 0. The van der Waals surface area contributed by atoms with Gasteiger partial charge in [0, 0.05) is 5.92 Å². The fourth-order valence-corrected chi connectivity index (χ4v) is 2.26. The predicted molar refractivity (Wildman–Crippen MR) is 63.3 cm³/mol. The monoisotopic (exact) mass is 208 g/mol. The van der Waals surface area contributed by atoms with Gasteiger partial charge in [-0.25, -0.2) is 0 Å². The van der Waals surface area contributed by atoms with E-state index in [0.29, 0.717) is 11.7 Å². The van der Waals surface area contributed by atoms with Gasteiger partial charge >= 0.3 is 0 Å². The van der Waals surface area contributed by atoms with Crippen LogP contribution >= 0.6 is 0 Å². The number of hydrogen-bond donors (Lipinski definition) is 2. The molecule has 1 saturated carbocycles. The minimum Gasteiger partial charge on any atom is -0.409 e. The third-order valence-electron chi connectivity index (χ3n) is 3.29. The molecular weight excluding hydrogens is 187 g/mol. The van der Waals surface area contributed by atoms with E-state index in [1.54, 1.807) is 0 Å². The van der Waals surface area contributed by atoms with Gasteiger partial charge in [0.2, 0.25) is 0 Å². The molecular formula is C11H21BN2O. The minimum atomic E-state index is 0.268. The zero-order valence-electron chi connectivity index (χ0n) is 9.36. The lowest BCUT2D eigenvalue weighted by Crippen LogP contribution is -2.24. The summed E-state index contributed by atoms with van der Waals surface area (Å²) < 4.78 is 0. The smallest absolute Gasteiger partial charge is 0.142 e. The van der Waals surface area contributed by atoms with Crippen LogP contribution in [0, 0.1) is 5.92 Å². The van der Waals surface area contributed by atoms with Crippen molar-refractivity contribution in [3.8, 4) is 0 Å². The van der Waals surface area contributed by atoms with Gasteiger partial charge in [-0.3, -0.25) is 0 Å². The Morgan fingerprint density at radius 1 is 1.07 bits per heavy atom. The Kier molecular flexibility index (Phi) is 5.58. The lowest BCUT2D eigenvalue weighted by Gasteiger charge is -2.19. The second-order valence-corrected chi connectivity index (χ2v) is 4.55. The van der Waals surface area contributed by atoms with Gasteiger partial charge in [0.15, 0.2) is 0 Å². The molecule has 3 N–H and O–H groups in total. The van der Waals surface area contributed by atoms with Gasteiger partial charge in [0.05, 0.1) is 7.85 Å².